The minimum Gasteiger partial charge on any atom is -0.381 e. The van der Waals surface area contributed by atoms with E-state index in [9.17, 15) is 4.39 Å². The first-order valence-electron chi connectivity index (χ1n) is 9.58. The minimum atomic E-state index is -0.243. The number of anilines is 1. The van der Waals surface area contributed by atoms with Crippen LogP contribution in [0.2, 0.25) is 0 Å². The smallest absolute Gasteiger partial charge is 0.128 e. The van der Waals surface area contributed by atoms with Gasteiger partial charge < -0.3 is 15.2 Å². The molecule has 0 aliphatic carbocycles. The number of hydrogen-bond donors (Lipinski definition) is 4. The van der Waals surface area contributed by atoms with Gasteiger partial charge in [0.15, 0.2) is 0 Å². The number of benzene rings is 1. The molecule has 29 heavy (non-hydrogen) atoms. The molecule has 2 aromatic heterocycles. The van der Waals surface area contributed by atoms with Gasteiger partial charge in [0.05, 0.1) is 17.1 Å². The first kappa shape index (κ1) is 19.0. The summed E-state index contributed by atoms with van der Waals surface area (Å²) in [6.07, 6.45) is 3.62. The van der Waals surface area contributed by atoms with Gasteiger partial charge in [-0.2, -0.15) is 0 Å². The highest BCUT2D eigenvalue weighted by atomic mass is 19.1. The fourth-order valence-electron chi connectivity index (χ4n) is 3.66. The van der Waals surface area contributed by atoms with Crippen molar-refractivity contribution in [3.63, 3.8) is 0 Å². The van der Waals surface area contributed by atoms with Crippen LogP contribution in [-0.2, 0) is 0 Å². The molecule has 6 nitrogen and oxygen atoms in total. The number of hydrogen-bond acceptors (Lipinski definition) is 5. The van der Waals surface area contributed by atoms with Crippen molar-refractivity contribution in [1.82, 2.24) is 20.8 Å². The van der Waals surface area contributed by atoms with Crippen LogP contribution in [0.1, 0.15) is 24.1 Å². The number of fused-ring (bicyclic) bond motifs is 1. The van der Waals surface area contributed by atoms with Crippen molar-refractivity contribution >= 4 is 28.1 Å². The molecule has 1 aromatic carbocycles. The average molecular weight is 393 g/mol. The van der Waals surface area contributed by atoms with Crippen molar-refractivity contribution in [2.45, 2.75) is 18.9 Å². The van der Waals surface area contributed by atoms with E-state index < -0.39 is 0 Å². The fourth-order valence-corrected chi connectivity index (χ4v) is 3.66. The van der Waals surface area contributed by atoms with Gasteiger partial charge in [-0.05, 0) is 49.2 Å². The molecule has 4 rings (SSSR count). The highest BCUT2D eigenvalue weighted by Gasteiger charge is 2.21. The van der Waals surface area contributed by atoms with E-state index in [1.807, 2.05) is 23.7 Å². The lowest BCUT2D eigenvalue weighted by Crippen LogP contribution is -2.42. The molecule has 1 aliphatic heterocycles. The first-order chi connectivity index (χ1) is 14.0. The second kappa shape index (κ2) is 7.97. The van der Waals surface area contributed by atoms with Gasteiger partial charge in [0.25, 0.3) is 0 Å². The zero-order valence-electron chi connectivity index (χ0n) is 16.1. The number of hydroxylamine groups is 1. The van der Waals surface area contributed by atoms with Crippen LogP contribution in [0.15, 0.2) is 55.8 Å². The second-order valence-corrected chi connectivity index (χ2v) is 7.29. The predicted molar refractivity (Wildman–Crippen MR) is 114 cm³/mol. The summed E-state index contributed by atoms with van der Waals surface area (Å²) in [5.41, 5.74) is 5.81. The predicted octanol–water partition coefficient (Wildman–Crippen LogP) is 3.88. The summed E-state index contributed by atoms with van der Waals surface area (Å²) >= 11 is 0. The van der Waals surface area contributed by atoms with Crippen molar-refractivity contribution in [3.8, 4) is 0 Å². The number of nitrogens with zero attached hydrogens (tertiary/aromatic N) is 2. The second-order valence-electron chi connectivity index (χ2n) is 7.29. The molecule has 4 N–H and O–H groups in total. The number of aromatic nitrogens is 2. The molecule has 0 amide bonds. The summed E-state index contributed by atoms with van der Waals surface area (Å²) in [6.45, 7) is 9.63. The third-order valence-corrected chi connectivity index (χ3v) is 5.34. The Morgan fingerprint density at radius 3 is 2.62 bits per heavy atom. The van der Waals surface area contributed by atoms with Crippen LogP contribution >= 0.6 is 0 Å². The zero-order chi connectivity index (χ0) is 20.4. The lowest BCUT2D eigenvalue weighted by Gasteiger charge is -2.34. The van der Waals surface area contributed by atoms with Gasteiger partial charge in [0.1, 0.15) is 11.6 Å². The average Bonchev–Trinajstić information content (AvgIpc) is 3.17. The molecule has 0 bridgehead atoms. The van der Waals surface area contributed by atoms with Gasteiger partial charge >= 0.3 is 0 Å². The molecule has 0 saturated carbocycles. The number of nitrogens with one attached hydrogen (secondary N) is 3. The molecule has 3 aromatic rings. The largest absolute Gasteiger partial charge is 0.381 e. The highest BCUT2D eigenvalue weighted by Crippen LogP contribution is 2.23. The number of rotatable bonds is 6. The van der Waals surface area contributed by atoms with Crippen molar-refractivity contribution < 1.29 is 9.60 Å². The summed E-state index contributed by atoms with van der Waals surface area (Å²) in [5, 5.41) is 13.3. The topological polar surface area (TPSA) is 76.2 Å². The van der Waals surface area contributed by atoms with E-state index in [1.54, 1.807) is 12.3 Å². The Morgan fingerprint density at radius 1 is 1.14 bits per heavy atom. The monoisotopic (exact) mass is 393 g/mol. The molecular formula is C22H24FN5O. The van der Waals surface area contributed by atoms with Crippen LogP contribution in [0, 0.1) is 5.82 Å². The summed E-state index contributed by atoms with van der Waals surface area (Å²) < 4.78 is 13.4. The fraction of sp³-hybridized carbons (Fsp3) is 0.227. The molecule has 0 unspecified atom stereocenters. The molecule has 1 saturated heterocycles. The molecule has 150 valence electrons. The van der Waals surface area contributed by atoms with Crippen molar-refractivity contribution in [3.05, 3.63) is 72.8 Å². The van der Waals surface area contributed by atoms with Crippen LogP contribution in [0.5, 0.6) is 0 Å². The number of piperidine rings is 1. The number of H-pyrrole nitrogens is 1. The molecule has 7 heteroatoms. The zero-order valence-corrected chi connectivity index (χ0v) is 16.1. The van der Waals surface area contributed by atoms with Crippen LogP contribution in [0.4, 0.5) is 10.2 Å². The van der Waals surface area contributed by atoms with Gasteiger partial charge in [-0.3, -0.25) is 10.7 Å². The minimum absolute atomic E-state index is 0.243. The Bertz CT molecular complexity index is 1040. The normalized spacial score (nSPS) is 14.8. The molecule has 3 heterocycles. The standard InChI is InChI=1S/C22H24FN5O/c1-14(27-29)16-3-6-22(24-13-16)28-9-7-19(8-10-28)25-15(2)21-12-17-11-18(23)4-5-20(17)26-21/h3-6,11-13,19,25-27,29H,1-2,7-10H2. The van der Waals surface area contributed by atoms with Crippen LogP contribution in [-0.4, -0.2) is 34.3 Å². The molecule has 1 fully saturated rings. The van der Waals surface area contributed by atoms with E-state index in [0.29, 0.717) is 11.7 Å². The van der Waals surface area contributed by atoms with Gasteiger partial charge in [-0.1, -0.05) is 13.2 Å². The Hall–Kier alpha value is -3.32. The summed E-state index contributed by atoms with van der Waals surface area (Å²) in [6, 6.07) is 10.8. The van der Waals surface area contributed by atoms with Gasteiger partial charge in [-0.25, -0.2) is 9.37 Å². The molecule has 1 aliphatic rings. The highest BCUT2D eigenvalue weighted by molar-refractivity contribution is 5.84. The van der Waals surface area contributed by atoms with E-state index in [2.05, 4.69) is 33.3 Å². The van der Waals surface area contributed by atoms with E-state index in [4.69, 9.17) is 5.21 Å². The van der Waals surface area contributed by atoms with Gasteiger partial charge in [-0.15, -0.1) is 0 Å². The Morgan fingerprint density at radius 2 is 1.93 bits per heavy atom. The Labute approximate surface area is 168 Å². The molecular weight excluding hydrogens is 369 g/mol. The van der Waals surface area contributed by atoms with Gasteiger partial charge in [0.2, 0.25) is 0 Å². The lowest BCUT2D eigenvalue weighted by molar-refractivity contribution is 0.225. The molecule has 0 atom stereocenters. The maximum Gasteiger partial charge on any atom is 0.128 e. The van der Waals surface area contributed by atoms with Crippen molar-refractivity contribution in [2.75, 3.05) is 18.0 Å². The summed E-state index contributed by atoms with van der Waals surface area (Å²) in [7, 11) is 0. The van der Waals surface area contributed by atoms with Crippen LogP contribution < -0.4 is 15.7 Å². The quantitative estimate of drug-likeness (QED) is 0.478. The Kier molecular flexibility index (Phi) is 5.22. The van der Waals surface area contributed by atoms with Crippen LogP contribution in [0.3, 0.4) is 0 Å². The number of halogens is 1. The van der Waals surface area contributed by atoms with E-state index >= 15 is 0 Å². The third kappa shape index (κ3) is 4.09. The van der Waals surface area contributed by atoms with Crippen molar-refractivity contribution in [1.29, 1.82) is 0 Å². The van der Waals surface area contributed by atoms with Crippen LogP contribution in [0.25, 0.3) is 22.3 Å². The SMILES string of the molecule is C=C(NO)c1ccc(N2CCC(NC(=C)c3cc4cc(F)ccc4[nH]3)CC2)nc1. The van der Waals surface area contributed by atoms with E-state index in [0.717, 1.165) is 59.6 Å². The maximum atomic E-state index is 13.4. The maximum absolute atomic E-state index is 13.4. The van der Waals surface area contributed by atoms with E-state index in [-0.39, 0.29) is 5.82 Å². The Balaban J connectivity index is 1.34. The van der Waals surface area contributed by atoms with Crippen molar-refractivity contribution in [2.24, 2.45) is 0 Å². The molecule has 0 radical (unpaired) electrons. The number of pyridine rings is 1. The molecule has 0 spiro atoms. The first-order valence-corrected chi connectivity index (χ1v) is 9.58. The summed E-state index contributed by atoms with van der Waals surface area (Å²) in [4.78, 5) is 10.0. The third-order valence-electron chi connectivity index (χ3n) is 5.34. The van der Waals surface area contributed by atoms with Gasteiger partial charge in [0, 0.05) is 41.8 Å². The number of aromatic amines is 1. The van der Waals surface area contributed by atoms with E-state index in [1.165, 1.54) is 12.1 Å². The lowest BCUT2D eigenvalue weighted by atomic mass is 10.0. The summed E-state index contributed by atoms with van der Waals surface area (Å²) in [5.74, 6) is 0.669.